The summed E-state index contributed by atoms with van der Waals surface area (Å²) in [6.07, 6.45) is 0.394. The molecule has 0 aromatic heterocycles. The summed E-state index contributed by atoms with van der Waals surface area (Å²) in [5.41, 5.74) is 7.22. The van der Waals surface area contributed by atoms with Gasteiger partial charge in [-0.2, -0.15) is 0 Å². The summed E-state index contributed by atoms with van der Waals surface area (Å²) in [5.74, 6) is 0.0810. The summed E-state index contributed by atoms with van der Waals surface area (Å²) in [5, 5.41) is 0. The Labute approximate surface area is 83.9 Å². The Morgan fingerprint density at radius 3 is 2.93 bits per heavy atom. The molecule has 1 aromatic rings. The first-order valence-electron chi connectivity index (χ1n) is 4.66. The largest absolute Gasteiger partial charge is 0.399 e. The van der Waals surface area contributed by atoms with Gasteiger partial charge in [-0.05, 0) is 24.6 Å². The zero-order chi connectivity index (χ0) is 10.4. The van der Waals surface area contributed by atoms with Gasteiger partial charge in [-0.25, -0.2) is 0 Å². The van der Waals surface area contributed by atoms with E-state index in [1.165, 1.54) is 0 Å². The predicted molar refractivity (Wildman–Crippen MR) is 56.1 cm³/mol. The molecular weight excluding hydrogens is 178 g/mol. The molecule has 1 rings (SSSR count). The van der Waals surface area contributed by atoms with Gasteiger partial charge in [-0.1, -0.05) is 12.1 Å². The van der Waals surface area contributed by atoms with Gasteiger partial charge in [0.2, 0.25) is 0 Å². The number of anilines is 1. The topological polar surface area (TPSA) is 52.3 Å². The molecule has 0 amide bonds. The molecule has 0 spiro atoms. The lowest BCUT2D eigenvalue weighted by atomic mass is 10.1. The minimum Gasteiger partial charge on any atom is -0.399 e. The van der Waals surface area contributed by atoms with Crippen LogP contribution in [0.3, 0.4) is 0 Å². The van der Waals surface area contributed by atoms with Crippen LogP contribution in [0.5, 0.6) is 0 Å². The van der Waals surface area contributed by atoms with Crippen molar-refractivity contribution >= 4 is 11.5 Å². The monoisotopic (exact) mass is 193 g/mol. The number of nitrogen functional groups attached to an aromatic ring is 1. The van der Waals surface area contributed by atoms with Gasteiger partial charge in [-0.15, -0.1) is 0 Å². The van der Waals surface area contributed by atoms with Crippen molar-refractivity contribution in [2.75, 3.05) is 18.9 Å². The SMILES string of the molecule is CCOCC(=O)Cc1cccc(N)c1. The van der Waals surface area contributed by atoms with Gasteiger partial charge in [0.15, 0.2) is 5.78 Å². The Kier molecular flexibility index (Phi) is 4.13. The quantitative estimate of drug-likeness (QED) is 0.719. The molecule has 3 nitrogen and oxygen atoms in total. The number of Topliss-reactive ketones (excluding diaryl/α,β-unsaturated/α-hetero) is 1. The highest BCUT2D eigenvalue weighted by Crippen LogP contribution is 2.07. The fourth-order valence-corrected chi connectivity index (χ4v) is 1.20. The smallest absolute Gasteiger partial charge is 0.162 e. The number of benzene rings is 1. The number of hydrogen-bond donors (Lipinski definition) is 1. The van der Waals surface area contributed by atoms with E-state index < -0.39 is 0 Å². The van der Waals surface area contributed by atoms with Crippen LogP contribution in [-0.2, 0) is 16.0 Å². The summed E-state index contributed by atoms with van der Waals surface area (Å²) >= 11 is 0. The van der Waals surface area contributed by atoms with Crippen molar-refractivity contribution in [1.29, 1.82) is 0 Å². The second kappa shape index (κ2) is 5.40. The summed E-state index contributed by atoms with van der Waals surface area (Å²) in [4.78, 5) is 11.3. The van der Waals surface area contributed by atoms with Gasteiger partial charge in [-0.3, -0.25) is 4.79 Å². The molecule has 0 fully saturated rings. The molecule has 0 bridgehead atoms. The van der Waals surface area contributed by atoms with Crippen molar-refractivity contribution in [3.63, 3.8) is 0 Å². The number of carbonyl (C=O) groups is 1. The van der Waals surface area contributed by atoms with Crippen molar-refractivity contribution in [3.05, 3.63) is 29.8 Å². The third kappa shape index (κ3) is 3.58. The number of carbonyl (C=O) groups excluding carboxylic acids is 1. The van der Waals surface area contributed by atoms with E-state index in [1.807, 2.05) is 25.1 Å². The predicted octanol–water partition coefficient (Wildman–Crippen LogP) is 1.42. The summed E-state index contributed by atoms with van der Waals surface area (Å²) in [6.45, 7) is 2.63. The van der Waals surface area contributed by atoms with E-state index in [0.29, 0.717) is 18.7 Å². The zero-order valence-electron chi connectivity index (χ0n) is 8.32. The van der Waals surface area contributed by atoms with Crippen molar-refractivity contribution < 1.29 is 9.53 Å². The molecule has 0 atom stereocenters. The normalized spacial score (nSPS) is 10.1. The molecule has 1 aromatic carbocycles. The molecule has 3 heteroatoms. The number of nitrogens with two attached hydrogens (primary N) is 1. The molecule has 0 heterocycles. The first-order valence-corrected chi connectivity index (χ1v) is 4.66. The highest BCUT2D eigenvalue weighted by Gasteiger charge is 2.03. The van der Waals surface area contributed by atoms with Gasteiger partial charge < -0.3 is 10.5 Å². The Morgan fingerprint density at radius 1 is 1.50 bits per heavy atom. The fraction of sp³-hybridized carbons (Fsp3) is 0.364. The van der Waals surface area contributed by atoms with Crippen LogP contribution in [0.25, 0.3) is 0 Å². The molecule has 76 valence electrons. The van der Waals surface area contributed by atoms with E-state index in [-0.39, 0.29) is 12.4 Å². The minimum absolute atomic E-state index is 0.0810. The van der Waals surface area contributed by atoms with Crippen molar-refractivity contribution in [3.8, 4) is 0 Å². The lowest BCUT2D eigenvalue weighted by Gasteiger charge is -2.02. The van der Waals surface area contributed by atoms with E-state index in [1.54, 1.807) is 6.07 Å². The standard InChI is InChI=1S/C11H15NO2/c1-2-14-8-11(13)7-9-4-3-5-10(12)6-9/h3-6H,2,7-8,12H2,1H3. The first-order chi connectivity index (χ1) is 6.72. The molecule has 0 aliphatic rings. The third-order valence-corrected chi connectivity index (χ3v) is 1.82. The Balaban J connectivity index is 2.47. The summed E-state index contributed by atoms with van der Waals surface area (Å²) < 4.78 is 5.02. The van der Waals surface area contributed by atoms with Gasteiger partial charge >= 0.3 is 0 Å². The highest BCUT2D eigenvalue weighted by molar-refractivity contribution is 5.82. The summed E-state index contributed by atoms with van der Waals surface area (Å²) in [6, 6.07) is 7.35. The molecule has 14 heavy (non-hydrogen) atoms. The molecular formula is C11H15NO2. The third-order valence-electron chi connectivity index (χ3n) is 1.82. The average Bonchev–Trinajstić information content (AvgIpc) is 2.15. The van der Waals surface area contributed by atoms with Crippen molar-refractivity contribution in [2.24, 2.45) is 0 Å². The van der Waals surface area contributed by atoms with Crippen LogP contribution in [0, 0.1) is 0 Å². The minimum atomic E-state index is 0.0810. The van der Waals surface area contributed by atoms with Crippen LogP contribution in [0.15, 0.2) is 24.3 Å². The van der Waals surface area contributed by atoms with Gasteiger partial charge in [0.05, 0.1) is 0 Å². The first kappa shape index (κ1) is 10.7. The maximum absolute atomic E-state index is 11.3. The van der Waals surface area contributed by atoms with Gasteiger partial charge in [0.25, 0.3) is 0 Å². The number of rotatable bonds is 5. The van der Waals surface area contributed by atoms with Crippen LogP contribution in [-0.4, -0.2) is 19.0 Å². The van der Waals surface area contributed by atoms with Gasteiger partial charge in [0.1, 0.15) is 6.61 Å². The van der Waals surface area contributed by atoms with E-state index in [4.69, 9.17) is 10.5 Å². The lowest BCUT2D eigenvalue weighted by Crippen LogP contribution is -2.11. The Morgan fingerprint density at radius 2 is 2.29 bits per heavy atom. The summed E-state index contributed by atoms with van der Waals surface area (Å²) in [7, 11) is 0. The Hall–Kier alpha value is -1.35. The number of hydrogen-bond acceptors (Lipinski definition) is 3. The molecule has 0 saturated heterocycles. The zero-order valence-corrected chi connectivity index (χ0v) is 8.32. The van der Waals surface area contributed by atoms with E-state index >= 15 is 0 Å². The fourth-order valence-electron chi connectivity index (χ4n) is 1.20. The van der Waals surface area contributed by atoms with Crippen LogP contribution >= 0.6 is 0 Å². The van der Waals surface area contributed by atoms with Gasteiger partial charge in [0, 0.05) is 18.7 Å². The van der Waals surface area contributed by atoms with Crippen LogP contribution in [0.2, 0.25) is 0 Å². The second-order valence-electron chi connectivity index (χ2n) is 3.10. The van der Waals surface area contributed by atoms with E-state index in [0.717, 1.165) is 5.56 Å². The van der Waals surface area contributed by atoms with E-state index in [2.05, 4.69) is 0 Å². The molecule has 0 aliphatic carbocycles. The molecule has 0 saturated carbocycles. The molecule has 2 N–H and O–H groups in total. The number of ketones is 1. The lowest BCUT2D eigenvalue weighted by molar-refractivity contribution is -0.122. The van der Waals surface area contributed by atoms with E-state index in [9.17, 15) is 4.79 Å². The molecule has 0 radical (unpaired) electrons. The van der Waals surface area contributed by atoms with Crippen LogP contribution in [0.1, 0.15) is 12.5 Å². The maximum atomic E-state index is 11.3. The molecule has 0 aliphatic heterocycles. The second-order valence-corrected chi connectivity index (χ2v) is 3.10. The number of ether oxygens (including phenoxy) is 1. The van der Waals surface area contributed by atoms with Crippen molar-refractivity contribution in [1.82, 2.24) is 0 Å². The highest BCUT2D eigenvalue weighted by atomic mass is 16.5. The van der Waals surface area contributed by atoms with Crippen LogP contribution in [0.4, 0.5) is 5.69 Å². The van der Waals surface area contributed by atoms with Crippen LogP contribution < -0.4 is 5.73 Å². The van der Waals surface area contributed by atoms with Crippen molar-refractivity contribution in [2.45, 2.75) is 13.3 Å². The molecule has 0 unspecified atom stereocenters. The maximum Gasteiger partial charge on any atom is 0.162 e. The Bertz CT molecular complexity index is 310. The average molecular weight is 193 g/mol.